The number of pyridine rings is 2. The Labute approximate surface area is 204 Å². The van der Waals surface area contributed by atoms with Crippen molar-refractivity contribution < 1.29 is 9.50 Å². The number of fused-ring (bicyclic) bond motifs is 1. The number of imidazole rings is 1. The minimum atomic E-state index is -0.298. The van der Waals surface area contributed by atoms with Crippen molar-refractivity contribution >= 4 is 17.0 Å². The maximum absolute atomic E-state index is 13.4. The molecule has 3 N–H and O–H groups in total. The Bertz CT molecular complexity index is 1380. The van der Waals surface area contributed by atoms with Crippen LogP contribution in [0.2, 0.25) is 0 Å². The normalized spacial score (nSPS) is 10.2. The molecule has 0 aliphatic heterocycles. The molecular weight excluding hydrogens is 441 g/mol. The molecule has 3 heterocycles. The van der Waals surface area contributed by atoms with Crippen LogP contribution in [0, 0.1) is 5.82 Å². The van der Waals surface area contributed by atoms with E-state index < -0.39 is 0 Å². The van der Waals surface area contributed by atoms with Crippen LogP contribution in [0.5, 0.6) is 0 Å². The van der Waals surface area contributed by atoms with Gasteiger partial charge in [-0.15, -0.1) is 0 Å². The van der Waals surface area contributed by atoms with Crippen LogP contribution in [0.15, 0.2) is 79.0 Å². The van der Waals surface area contributed by atoms with Gasteiger partial charge in [0, 0.05) is 17.4 Å². The summed E-state index contributed by atoms with van der Waals surface area (Å²) in [4.78, 5) is 13.8. The molecule has 0 atom stereocenters. The maximum Gasteiger partial charge on any atom is 0.165 e. The van der Waals surface area contributed by atoms with Crippen molar-refractivity contribution in [3.8, 4) is 28.3 Å². The highest BCUT2D eigenvalue weighted by atomic mass is 19.1. The zero-order chi connectivity index (χ0) is 25.4. The summed E-state index contributed by atoms with van der Waals surface area (Å²) in [7, 11) is 0. The van der Waals surface area contributed by atoms with Crippen LogP contribution >= 0.6 is 0 Å². The van der Waals surface area contributed by atoms with Crippen LogP contribution in [-0.2, 0) is 6.61 Å². The summed E-state index contributed by atoms with van der Waals surface area (Å²) < 4.78 is 15.3. The van der Waals surface area contributed by atoms with E-state index in [0.29, 0.717) is 34.1 Å². The van der Waals surface area contributed by atoms with Crippen molar-refractivity contribution in [1.29, 1.82) is 0 Å². The Balaban J connectivity index is 0.000000815. The van der Waals surface area contributed by atoms with Gasteiger partial charge in [0.1, 0.15) is 17.2 Å². The molecule has 3 aromatic heterocycles. The van der Waals surface area contributed by atoms with E-state index in [2.05, 4.69) is 4.98 Å². The Kier molecular flexibility index (Phi) is 8.64. The summed E-state index contributed by atoms with van der Waals surface area (Å²) >= 11 is 0. The van der Waals surface area contributed by atoms with Crippen LogP contribution in [-0.4, -0.2) is 24.6 Å². The summed E-state index contributed by atoms with van der Waals surface area (Å²) in [5.74, 6) is 0.680. The average molecular weight is 472 g/mol. The van der Waals surface area contributed by atoms with Gasteiger partial charge in [0.05, 0.1) is 17.9 Å². The molecule has 0 spiro atoms. The topological polar surface area (TPSA) is 89.9 Å². The number of nitrogens with zero attached hydrogens (tertiary/aromatic N) is 4. The molecule has 7 heteroatoms. The molecule has 0 bridgehead atoms. The third kappa shape index (κ3) is 5.36. The van der Waals surface area contributed by atoms with Gasteiger partial charge in [-0.3, -0.25) is 4.57 Å². The van der Waals surface area contributed by atoms with Crippen molar-refractivity contribution in [2.24, 2.45) is 0 Å². The average Bonchev–Trinajstić information content (AvgIpc) is 3.30. The molecule has 0 amide bonds. The first-order valence-corrected chi connectivity index (χ1v) is 11.7. The molecule has 0 fully saturated rings. The fourth-order valence-electron chi connectivity index (χ4n) is 3.52. The second kappa shape index (κ2) is 11.9. The Morgan fingerprint density at radius 1 is 0.857 bits per heavy atom. The molecule has 0 aliphatic carbocycles. The molecule has 5 rings (SSSR count). The predicted octanol–water partition coefficient (Wildman–Crippen LogP) is 6.42. The highest BCUT2D eigenvalue weighted by molar-refractivity contribution is 5.84. The molecule has 2 aromatic carbocycles. The molecule has 0 saturated carbocycles. The number of aliphatic hydroxyl groups excluding tert-OH is 1. The molecule has 0 radical (unpaired) electrons. The number of aromatic nitrogens is 4. The monoisotopic (exact) mass is 471 g/mol. The number of benzene rings is 2. The van der Waals surface area contributed by atoms with Crippen molar-refractivity contribution in [2.45, 2.75) is 34.3 Å². The van der Waals surface area contributed by atoms with E-state index >= 15 is 0 Å². The van der Waals surface area contributed by atoms with Crippen molar-refractivity contribution in [3.05, 3.63) is 90.4 Å². The number of rotatable bonds is 4. The molecule has 0 unspecified atom stereocenters. The molecule has 35 heavy (non-hydrogen) atoms. The first kappa shape index (κ1) is 25.5. The maximum atomic E-state index is 13.4. The Morgan fingerprint density at radius 3 is 2.17 bits per heavy atom. The number of hydrogen-bond acceptors (Lipinski definition) is 5. The molecule has 0 saturated heterocycles. The lowest BCUT2D eigenvalue weighted by Crippen LogP contribution is -2.02. The Hall–Kier alpha value is -4.10. The quantitative estimate of drug-likeness (QED) is 0.316. The van der Waals surface area contributed by atoms with E-state index in [1.54, 1.807) is 18.3 Å². The lowest BCUT2D eigenvalue weighted by molar-refractivity contribution is 0.282. The summed E-state index contributed by atoms with van der Waals surface area (Å²) in [6.45, 7) is 7.96. The number of anilines is 1. The van der Waals surface area contributed by atoms with Crippen LogP contribution < -0.4 is 5.73 Å². The van der Waals surface area contributed by atoms with Gasteiger partial charge < -0.3 is 10.8 Å². The minimum Gasteiger partial charge on any atom is -0.392 e. The summed E-state index contributed by atoms with van der Waals surface area (Å²) in [6, 6.07) is 21.1. The standard InChI is InChI=1S/C24H18FN5O.2C2H6/c25-17-7-5-16(6-8-17)20-11-12-21-24(28-20)30(18-9-3-15(14-31)4-10-18)23(29-21)19-2-1-13-27-22(19)26;2*1-2/h1-13,31H,14H2,(H2,26,27);2*1-2H3. The third-order valence-electron chi connectivity index (χ3n) is 5.10. The second-order valence-corrected chi connectivity index (χ2v) is 7.08. The van der Waals surface area contributed by atoms with E-state index in [-0.39, 0.29) is 12.4 Å². The van der Waals surface area contributed by atoms with E-state index in [1.165, 1.54) is 12.1 Å². The lowest BCUT2D eigenvalue weighted by atomic mass is 10.1. The lowest BCUT2D eigenvalue weighted by Gasteiger charge is -2.11. The van der Waals surface area contributed by atoms with E-state index in [9.17, 15) is 9.50 Å². The van der Waals surface area contributed by atoms with Crippen molar-refractivity contribution in [2.75, 3.05) is 5.73 Å². The number of aliphatic hydroxyl groups is 1. The van der Waals surface area contributed by atoms with Gasteiger partial charge >= 0.3 is 0 Å². The van der Waals surface area contributed by atoms with Crippen molar-refractivity contribution in [3.63, 3.8) is 0 Å². The van der Waals surface area contributed by atoms with Gasteiger partial charge in [-0.1, -0.05) is 39.8 Å². The second-order valence-electron chi connectivity index (χ2n) is 7.08. The van der Waals surface area contributed by atoms with Crippen LogP contribution in [0.25, 0.3) is 39.5 Å². The fourth-order valence-corrected chi connectivity index (χ4v) is 3.52. The van der Waals surface area contributed by atoms with Gasteiger partial charge in [-0.2, -0.15) is 0 Å². The number of nitrogen functional groups attached to an aromatic ring is 1. The van der Waals surface area contributed by atoms with Gasteiger partial charge in [0.2, 0.25) is 0 Å². The van der Waals surface area contributed by atoms with E-state index in [1.807, 2.05) is 80.8 Å². The Morgan fingerprint density at radius 2 is 1.54 bits per heavy atom. The zero-order valence-electron chi connectivity index (χ0n) is 20.4. The number of halogens is 1. The van der Waals surface area contributed by atoms with E-state index in [0.717, 1.165) is 16.8 Å². The first-order valence-electron chi connectivity index (χ1n) is 11.7. The fraction of sp³-hybridized carbons (Fsp3) is 0.179. The zero-order valence-corrected chi connectivity index (χ0v) is 20.4. The highest BCUT2D eigenvalue weighted by Crippen LogP contribution is 2.31. The SMILES string of the molecule is CC.CC.Nc1ncccc1-c1nc2ccc(-c3ccc(F)cc3)nc2n1-c1ccc(CO)cc1. The summed E-state index contributed by atoms with van der Waals surface area (Å²) in [5, 5.41) is 9.40. The van der Waals surface area contributed by atoms with Gasteiger partial charge in [-0.05, 0) is 66.2 Å². The van der Waals surface area contributed by atoms with Gasteiger partial charge in [0.15, 0.2) is 11.5 Å². The van der Waals surface area contributed by atoms with Crippen LogP contribution in [0.4, 0.5) is 10.2 Å². The third-order valence-corrected chi connectivity index (χ3v) is 5.10. The van der Waals surface area contributed by atoms with Gasteiger partial charge in [0.25, 0.3) is 0 Å². The smallest absolute Gasteiger partial charge is 0.165 e. The van der Waals surface area contributed by atoms with Crippen LogP contribution in [0.1, 0.15) is 33.3 Å². The summed E-state index contributed by atoms with van der Waals surface area (Å²) in [5.41, 5.74) is 11.3. The molecule has 0 aliphatic rings. The predicted molar refractivity (Wildman–Crippen MR) is 141 cm³/mol. The minimum absolute atomic E-state index is 0.0413. The molecule has 6 nitrogen and oxygen atoms in total. The van der Waals surface area contributed by atoms with Crippen LogP contribution in [0.3, 0.4) is 0 Å². The van der Waals surface area contributed by atoms with Crippen molar-refractivity contribution in [1.82, 2.24) is 19.5 Å². The molecule has 5 aromatic rings. The first-order chi connectivity index (χ1) is 17.1. The van der Waals surface area contributed by atoms with E-state index in [4.69, 9.17) is 15.7 Å². The number of hydrogen-bond donors (Lipinski definition) is 2. The largest absolute Gasteiger partial charge is 0.392 e. The number of nitrogens with two attached hydrogens (primary N) is 1. The van der Waals surface area contributed by atoms with Gasteiger partial charge in [-0.25, -0.2) is 19.3 Å². The highest BCUT2D eigenvalue weighted by Gasteiger charge is 2.18. The molecule has 180 valence electrons. The molecular formula is C28H30FN5O. The summed E-state index contributed by atoms with van der Waals surface area (Å²) in [6.07, 6.45) is 1.63.